The average Bonchev–Trinajstić information content (AvgIpc) is 3.21. The van der Waals surface area contributed by atoms with Crippen molar-refractivity contribution >= 4 is 17.5 Å². The quantitative estimate of drug-likeness (QED) is 0.567. The zero-order valence-corrected chi connectivity index (χ0v) is 19.8. The molecule has 1 aromatic carbocycles. The molecule has 3 rings (SSSR count). The zero-order chi connectivity index (χ0) is 23.7. The van der Waals surface area contributed by atoms with Gasteiger partial charge in [-0.3, -0.25) is 4.79 Å². The van der Waals surface area contributed by atoms with Crippen molar-refractivity contribution in [1.82, 2.24) is 10.2 Å². The Morgan fingerprint density at radius 1 is 1.34 bits per heavy atom. The zero-order valence-electron chi connectivity index (χ0n) is 19.1. The average molecular weight is 475 g/mol. The monoisotopic (exact) mass is 474 g/mol. The molecule has 0 spiro atoms. The Bertz CT molecular complexity index is 826. The van der Waals surface area contributed by atoms with Gasteiger partial charge in [0.2, 0.25) is 5.91 Å². The Labute approximate surface area is 193 Å². The van der Waals surface area contributed by atoms with Gasteiger partial charge in [0.15, 0.2) is 0 Å². The number of aliphatic hydroxyl groups is 1. The third-order valence-electron chi connectivity index (χ3n) is 7.44. The number of alkyl halides is 4. The topological polar surface area (TPSA) is 52.6 Å². The molecular formula is C24H34ClF3N2O2. The van der Waals surface area contributed by atoms with Gasteiger partial charge >= 0.3 is 6.18 Å². The van der Waals surface area contributed by atoms with Crippen LogP contribution in [0.2, 0.25) is 0 Å². The molecular weight excluding hydrogens is 441 g/mol. The number of nitrogens with one attached hydrogen (secondary N) is 1. The van der Waals surface area contributed by atoms with Crippen molar-refractivity contribution in [1.29, 1.82) is 0 Å². The molecule has 32 heavy (non-hydrogen) atoms. The lowest BCUT2D eigenvalue weighted by atomic mass is 9.73. The SMILES string of the molecule is CC(C)[C@]1(C(=O)N2CCc3ccc(C(F)(F)F)cc3C2)CC[C@@H](NCC(C)(CO)CCl)C1. The van der Waals surface area contributed by atoms with Gasteiger partial charge in [-0.15, -0.1) is 11.6 Å². The van der Waals surface area contributed by atoms with E-state index in [1.54, 1.807) is 11.0 Å². The molecule has 2 aliphatic rings. The van der Waals surface area contributed by atoms with Gasteiger partial charge in [0.25, 0.3) is 0 Å². The molecule has 180 valence electrons. The van der Waals surface area contributed by atoms with Gasteiger partial charge in [-0.2, -0.15) is 13.2 Å². The lowest BCUT2D eigenvalue weighted by molar-refractivity contribution is -0.145. The molecule has 0 aromatic heterocycles. The molecule has 0 bridgehead atoms. The van der Waals surface area contributed by atoms with Crippen LogP contribution in [-0.4, -0.2) is 47.5 Å². The number of halogens is 4. The standard InChI is InChI=1S/C24H34ClF3N2O2/c1-16(2)23(8-6-20(11-23)29-14-22(3,13-25)15-31)21(32)30-9-7-17-4-5-19(24(26,27)28)10-18(17)12-30/h4-5,10,16,20,29,31H,6-9,11-15H2,1-3H3/t20-,22?,23+/m1/s1. The fraction of sp³-hybridized carbons (Fsp3) is 0.708. The van der Waals surface area contributed by atoms with Gasteiger partial charge in [-0.05, 0) is 54.9 Å². The second-order valence-electron chi connectivity index (χ2n) is 10.2. The molecule has 1 unspecified atom stereocenters. The van der Waals surface area contributed by atoms with Gasteiger partial charge in [0.05, 0.1) is 17.6 Å². The summed E-state index contributed by atoms with van der Waals surface area (Å²) in [7, 11) is 0. The summed E-state index contributed by atoms with van der Waals surface area (Å²) in [6.07, 6.45) is -1.56. The number of hydrogen-bond acceptors (Lipinski definition) is 3. The number of hydrogen-bond donors (Lipinski definition) is 2. The molecule has 0 radical (unpaired) electrons. The minimum atomic E-state index is -4.39. The number of aliphatic hydroxyl groups excluding tert-OH is 1. The van der Waals surface area contributed by atoms with Crippen molar-refractivity contribution in [3.63, 3.8) is 0 Å². The van der Waals surface area contributed by atoms with Crippen molar-refractivity contribution in [2.45, 2.75) is 65.2 Å². The van der Waals surface area contributed by atoms with E-state index in [4.69, 9.17) is 11.6 Å². The summed E-state index contributed by atoms with van der Waals surface area (Å²) in [5.74, 6) is 0.494. The van der Waals surface area contributed by atoms with Crippen LogP contribution in [0.25, 0.3) is 0 Å². The molecule has 4 nitrogen and oxygen atoms in total. The number of nitrogens with zero attached hydrogens (tertiary/aromatic N) is 1. The Morgan fingerprint density at radius 2 is 2.06 bits per heavy atom. The first kappa shape index (κ1) is 25.3. The molecule has 1 aromatic rings. The van der Waals surface area contributed by atoms with Crippen LogP contribution in [-0.2, 0) is 23.9 Å². The fourth-order valence-electron chi connectivity index (χ4n) is 4.97. The Kier molecular flexibility index (Phi) is 7.52. The summed E-state index contributed by atoms with van der Waals surface area (Å²) >= 11 is 6.00. The number of rotatable bonds is 7. The number of benzene rings is 1. The van der Waals surface area contributed by atoms with E-state index in [0.29, 0.717) is 37.4 Å². The van der Waals surface area contributed by atoms with Crippen LogP contribution in [0.3, 0.4) is 0 Å². The van der Waals surface area contributed by atoms with Gasteiger partial charge < -0.3 is 15.3 Å². The molecule has 3 atom stereocenters. The van der Waals surface area contributed by atoms with Crippen molar-refractivity contribution in [2.24, 2.45) is 16.7 Å². The normalized spacial score (nSPS) is 25.7. The van der Waals surface area contributed by atoms with E-state index in [2.05, 4.69) is 19.2 Å². The van der Waals surface area contributed by atoms with Gasteiger partial charge in [0, 0.05) is 37.0 Å². The van der Waals surface area contributed by atoms with Crippen LogP contribution in [0.1, 0.15) is 56.7 Å². The summed E-state index contributed by atoms with van der Waals surface area (Å²) in [6, 6.07) is 4.00. The first-order valence-electron chi connectivity index (χ1n) is 11.3. The van der Waals surface area contributed by atoms with E-state index in [0.717, 1.165) is 24.5 Å². The van der Waals surface area contributed by atoms with Crippen molar-refractivity contribution in [3.8, 4) is 0 Å². The lowest BCUT2D eigenvalue weighted by Crippen LogP contribution is -2.48. The molecule has 1 saturated carbocycles. The number of carbonyl (C=O) groups excluding carboxylic acids is 1. The van der Waals surface area contributed by atoms with E-state index in [1.165, 1.54) is 6.07 Å². The highest BCUT2D eigenvalue weighted by molar-refractivity contribution is 6.18. The van der Waals surface area contributed by atoms with Crippen LogP contribution < -0.4 is 5.32 Å². The summed E-state index contributed by atoms with van der Waals surface area (Å²) in [5, 5.41) is 13.1. The fourth-order valence-corrected chi connectivity index (χ4v) is 5.15. The smallest absolute Gasteiger partial charge is 0.396 e. The van der Waals surface area contributed by atoms with Crippen LogP contribution in [0, 0.1) is 16.7 Å². The van der Waals surface area contributed by atoms with Gasteiger partial charge in [-0.25, -0.2) is 0 Å². The minimum Gasteiger partial charge on any atom is -0.396 e. The summed E-state index contributed by atoms with van der Waals surface area (Å²) in [5.41, 5.74) is -0.141. The highest BCUT2D eigenvalue weighted by Crippen LogP contribution is 2.46. The van der Waals surface area contributed by atoms with Crippen molar-refractivity contribution < 1.29 is 23.1 Å². The molecule has 8 heteroatoms. The molecule has 0 saturated heterocycles. The van der Waals surface area contributed by atoms with E-state index in [-0.39, 0.29) is 31.0 Å². The summed E-state index contributed by atoms with van der Waals surface area (Å²) < 4.78 is 39.5. The predicted octanol–water partition coefficient (Wildman–Crippen LogP) is 4.61. The number of amides is 1. The Morgan fingerprint density at radius 3 is 2.66 bits per heavy atom. The number of fused-ring (bicyclic) bond motifs is 1. The maximum Gasteiger partial charge on any atom is 0.416 e. The molecule has 1 fully saturated rings. The first-order chi connectivity index (χ1) is 14.9. The Hall–Kier alpha value is -1.31. The molecule has 1 aliphatic heterocycles. The second kappa shape index (κ2) is 9.51. The van der Waals surface area contributed by atoms with Gasteiger partial charge in [0.1, 0.15) is 0 Å². The summed E-state index contributed by atoms with van der Waals surface area (Å²) in [4.78, 5) is 15.5. The van der Waals surface area contributed by atoms with Crippen LogP contribution in [0.4, 0.5) is 13.2 Å². The lowest BCUT2D eigenvalue weighted by Gasteiger charge is -2.40. The van der Waals surface area contributed by atoms with E-state index in [1.807, 2.05) is 6.92 Å². The van der Waals surface area contributed by atoms with E-state index < -0.39 is 22.6 Å². The number of carbonyl (C=O) groups is 1. The van der Waals surface area contributed by atoms with Crippen molar-refractivity contribution in [3.05, 3.63) is 34.9 Å². The highest BCUT2D eigenvalue weighted by Gasteiger charge is 2.49. The highest BCUT2D eigenvalue weighted by atomic mass is 35.5. The van der Waals surface area contributed by atoms with Crippen LogP contribution in [0.15, 0.2) is 18.2 Å². The molecule has 1 heterocycles. The minimum absolute atomic E-state index is 0.0163. The van der Waals surface area contributed by atoms with Gasteiger partial charge in [-0.1, -0.05) is 26.8 Å². The third kappa shape index (κ3) is 5.10. The first-order valence-corrected chi connectivity index (χ1v) is 11.9. The second-order valence-corrected chi connectivity index (χ2v) is 10.5. The molecule has 1 aliphatic carbocycles. The maximum atomic E-state index is 13.7. The van der Waals surface area contributed by atoms with Crippen LogP contribution in [0.5, 0.6) is 0 Å². The van der Waals surface area contributed by atoms with E-state index in [9.17, 15) is 23.1 Å². The summed E-state index contributed by atoms with van der Waals surface area (Å²) in [6.45, 7) is 7.32. The maximum absolute atomic E-state index is 13.7. The molecule has 2 N–H and O–H groups in total. The van der Waals surface area contributed by atoms with Crippen LogP contribution >= 0.6 is 11.6 Å². The third-order valence-corrected chi connectivity index (χ3v) is 8.08. The van der Waals surface area contributed by atoms with Crippen molar-refractivity contribution in [2.75, 3.05) is 25.6 Å². The molecule has 1 amide bonds. The predicted molar refractivity (Wildman–Crippen MR) is 119 cm³/mol. The Balaban J connectivity index is 1.74. The largest absolute Gasteiger partial charge is 0.416 e. The van der Waals surface area contributed by atoms with E-state index >= 15 is 0 Å².